The molecule has 6 nitrogen and oxygen atoms in total. The minimum Gasteiger partial charge on any atom is -0.370 e. The lowest BCUT2D eigenvalue weighted by molar-refractivity contribution is 0.0939. The zero-order valence-corrected chi connectivity index (χ0v) is 20.7. The highest BCUT2D eigenvalue weighted by atomic mass is 32.2. The Morgan fingerprint density at radius 3 is 2.45 bits per heavy atom. The molecule has 0 radical (unpaired) electrons. The smallest absolute Gasteiger partial charge is 0.253 e. The highest BCUT2D eigenvalue weighted by molar-refractivity contribution is 7.99. The summed E-state index contributed by atoms with van der Waals surface area (Å²) in [6, 6.07) is 6.48. The number of rotatable bonds is 6. The predicted octanol–water partition coefficient (Wildman–Crippen LogP) is 5.88. The zero-order valence-electron chi connectivity index (χ0n) is 19.9. The molecule has 0 saturated carbocycles. The third-order valence-electron chi connectivity index (χ3n) is 5.62. The fraction of sp³-hybridized carbons (Fsp3) is 0.400. The molecule has 1 atom stereocenters. The van der Waals surface area contributed by atoms with Crippen LogP contribution in [0.5, 0.6) is 0 Å². The average Bonchev–Trinajstić information content (AvgIpc) is 3.37. The van der Waals surface area contributed by atoms with Crippen LogP contribution in [-0.2, 0) is 0 Å². The Morgan fingerprint density at radius 2 is 1.76 bits per heavy atom. The van der Waals surface area contributed by atoms with Gasteiger partial charge >= 0.3 is 0 Å². The van der Waals surface area contributed by atoms with E-state index < -0.39 is 6.04 Å². The number of pyridine rings is 2. The number of fused-ring (bicyclic) bond motifs is 1. The third kappa shape index (κ3) is 5.74. The van der Waals surface area contributed by atoms with E-state index >= 15 is 0 Å². The van der Waals surface area contributed by atoms with Crippen molar-refractivity contribution in [2.45, 2.75) is 46.6 Å². The van der Waals surface area contributed by atoms with Crippen LogP contribution in [0.3, 0.4) is 0 Å². The number of anilines is 2. The van der Waals surface area contributed by atoms with Crippen molar-refractivity contribution in [3.8, 4) is 0 Å². The second-order valence-corrected chi connectivity index (χ2v) is 8.45. The maximum Gasteiger partial charge on any atom is 0.253 e. The summed E-state index contributed by atoms with van der Waals surface area (Å²) in [5.41, 5.74) is 4.97. The van der Waals surface area contributed by atoms with Crippen molar-refractivity contribution in [1.82, 2.24) is 15.3 Å². The molecule has 2 N–H and O–H groups in total. The molecule has 3 heterocycles. The van der Waals surface area contributed by atoms with Crippen molar-refractivity contribution in [3.05, 3.63) is 59.2 Å². The van der Waals surface area contributed by atoms with Gasteiger partial charge in [0.15, 0.2) is 0 Å². The van der Waals surface area contributed by atoms with Gasteiger partial charge in [0.25, 0.3) is 5.91 Å². The number of halogens is 1. The Morgan fingerprint density at radius 1 is 1.09 bits per heavy atom. The molecule has 0 spiro atoms. The lowest BCUT2D eigenvalue weighted by Crippen LogP contribution is -2.27. The summed E-state index contributed by atoms with van der Waals surface area (Å²) in [5, 5.41) is 2.87. The molecule has 1 amide bonds. The van der Waals surface area contributed by atoms with Crippen molar-refractivity contribution in [2.75, 3.05) is 29.0 Å². The van der Waals surface area contributed by atoms with Crippen LogP contribution in [-0.4, -0.2) is 35.2 Å². The molecule has 0 aliphatic carbocycles. The third-order valence-corrected chi connectivity index (χ3v) is 6.05. The molecule has 2 aromatic heterocycles. The van der Waals surface area contributed by atoms with Crippen LogP contribution < -0.4 is 14.9 Å². The minimum atomic E-state index is -0.490. The summed E-state index contributed by atoms with van der Waals surface area (Å²) in [7, 11) is 0. The Hall–Kier alpha value is -2.87. The minimum absolute atomic E-state index is 0.310. The summed E-state index contributed by atoms with van der Waals surface area (Å²) >= 11 is 1.41. The van der Waals surface area contributed by atoms with Crippen LogP contribution >= 0.6 is 11.9 Å². The molecule has 1 fully saturated rings. The molecule has 0 bridgehead atoms. The van der Waals surface area contributed by atoms with Crippen molar-refractivity contribution in [3.63, 3.8) is 0 Å². The Labute approximate surface area is 199 Å². The van der Waals surface area contributed by atoms with Gasteiger partial charge in [0.1, 0.15) is 5.82 Å². The van der Waals surface area contributed by atoms with Crippen molar-refractivity contribution >= 4 is 40.3 Å². The maximum atomic E-state index is 14.6. The summed E-state index contributed by atoms with van der Waals surface area (Å²) < 4.78 is 17.7. The summed E-state index contributed by atoms with van der Waals surface area (Å²) in [6.45, 7) is 9.75. The van der Waals surface area contributed by atoms with E-state index in [9.17, 15) is 9.18 Å². The standard InChI is InChI=1S/C23H26FN5OS.C2H6/c1-14-8-18(19(24)11-20(14)28-31-3)15(2)27-23(30)16-9-21-22(25-12-16)10-17(13-26-21)29-6-4-5-7-29;1-2/h8-13,15,28H,4-7H2,1-3H3,(H,27,30);1-2H3. The van der Waals surface area contributed by atoms with E-state index in [1.165, 1.54) is 30.9 Å². The van der Waals surface area contributed by atoms with Gasteiger partial charge in [-0.05, 0) is 56.5 Å². The van der Waals surface area contributed by atoms with E-state index in [1.54, 1.807) is 25.3 Å². The van der Waals surface area contributed by atoms with E-state index in [0.717, 1.165) is 35.5 Å². The predicted molar refractivity (Wildman–Crippen MR) is 136 cm³/mol. The quantitative estimate of drug-likeness (QED) is 0.439. The number of hydrogen-bond acceptors (Lipinski definition) is 6. The number of aryl methyl sites for hydroxylation is 1. The molecule has 1 saturated heterocycles. The number of hydrogen-bond donors (Lipinski definition) is 2. The Balaban J connectivity index is 0.00000149. The maximum absolute atomic E-state index is 14.6. The zero-order chi connectivity index (χ0) is 24.0. The second kappa shape index (κ2) is 11.3. The molecule has 3 aromatic rings. The van der Waals surface area contributed by atoms with Crippen LogP contribution in [0.2, 0.25) is 0 Å². The molecule has 1 unspecified atom stereocenters. The molecule has 1 aromatic carbocycles. The van der Waals surface area contributed by atoms with Gasteiger partial charge < -0.3 is 14.9 Å². The molecule has 8 heteroatoms. The number of carbonyl (C=O) groups is 1. The van der Waals surface area contributed by atoms with Crippen LogP contribution in [0.1, 0.15) is 61.1 Å². The fourth-order valence-corrected chi connectivity index (χ4v) is 4.32. The summed E-state index contributed by atoms with van der Waals surface area (Å²) in [4.78, 5) is 24.0. The van der Waals surface area contributed by atoms with Gasteiger partial charge in [-0.2, -0.15) is 0 Å². The summed E-state index contributed by atoms with van der Waals surface area (Å²) in [5.74, 6) is -0.668. The topological polar surface area (TPSA) is 70.2 Å². The largest absolute Gasteiger partial charge is 0.370 e. The monoisotopic (exact) mass is 469 g/mol. The first-order valence-electron chi connectivity index (χ1n) is 11.4. The van der Waals surface area contributed by atoms with E-state index in [-0.39, 0.29) is 11.7 Å². The van der Waals surface area contributed by atoms with Crippen LogP contribution in [0.4, 0.5) is 15.8 Å². The van der Waals surface area contributed by atoms with Crippen molar-refractivity contribution in [1.29, 1.82) is 0 Å². The molecular weight excluding hydrogens is 437 g/mol. The lowest BCUT2D eigenvalue weighted by Gasteiger charge is -2.18. The van der Waals surface area contributed by atoms with Gasteiger partial charge in [-0.25, -0.2) is 4.39 Å². The molecule has 1 aliphatic rings. The Bertz CT molecular complexity index is 1120. The van der Waals surface area contributed by atoms with Gasteiger partial charge in [0.2, 0.25) is 0 Å². The lowest BCUT2D eigenvalue weighted by atomic mass is 10.0. The first-order chi connectivity index (χ1) is 16.0. The van der Waals surface area contributed by atoms with Crippen molar-refractivity contribution in [2.24, 2.45) is 0 Å². The first kappa shape index (κ1) is 24.8. The van der Waals surface area contributed by atoms with Gasteiger partial charge in [-0.3, -0.25) is 14.8 Å². The molecular formula is C25H32FN5OS. The van der Waals surface area contributed by atoms with Gasteiger partial charge in [0, 0.05) is 36.8 Å². The number of aromatic nitrogens is 2. The Kier molecular flexibility index (Phi) is 8.49. The fourth-order valence-electron chi connectivity index (χ4n) is 3.88. The van der Waals surface area contributed by atoms with Crippen LogP contribution in [0.15, 0.2) is 36.7 Å². The second-order valence-electron chi connectivity index (χ2n) is 7.84. The highest BCUT2D eigenvalue weighted by Gasteiger charge is 2.18. The first-order valence-corrected chi connectivity index (χ1v) is 12.6. The molecule has 1 aliphatic heterocycles. The van der Waals surface area contributed by atoms with E-state index in [0.29, 0.717) is 16.6 Å². The number of carbonyl (C=O) groups excluding carboxylic acids is 1. The van der Waals surface area contributed by atoms with Crippen LogP contribution in [0.25, 0.3) is 11.0 Å². The summed E-state index contributed by atoms with van der Waals surface area (Å²) in [6.07, 6.45) is 7.65. The molecule has 4 rings (SSSR count). The number of amides is 1. The van der Waals surface area contributed by atoms with E-state index in [2.05, 4.69) is 24.9 Å². The number of nitrogens with zero attached hydrogens (tertiary/aromatic N) is 3. The van der Waals surface area contributed by atoms with E-state index in [4.69, 9.17) is 0 Å². The van der Waals surface area contributed by atoms with Gasteiger partial charge in [0.05, 0.1) is 34.5 Å². The molecule has 33 heavy (non-hydrogen) atoms. The average molecular weight is 470 g/mol. The number of benzene rings is 1. The van der Waals surface area contributed by atoms with Gasteiger partial charge in [-0.1, -0.05) is 25.8 Å². The van der Waals surface area contributed by atoms with Gasteiger partial charge in [-0.15, -0.1) is 0 Å². The number of nitrogens with one attached hydrogen (secondary N) is 2. The van der Waals surface area contributed by atoms with Crippen molar-refractivity contribution < 1.29 is 9.18 Å². The highest BCUT2D eigenvalue weighted by Crippen LogP contribution is 2.27. The molecule has 176 valence electrons. The normalized spacial score (nSPS) is 13.9. The SMILES string of the molecule is CC.CSNc1cc(F)c(C(C)NC(=O)c2cnc3cc(N4CCCC4)cnc3c2)cc1C. The van der Waals surface area contributed by atoms with Crippen LogP contribution in [0, 0.1) is 12.7 Å². The van der Waals surface area contributed by atoms with E-state index in [1.807, 2.05) is 39.3 Å².